The summed E-state index contributed by atoms with van der Waals surface area (Å²) in [6.07, 6.45) is 3.55. The highest BCUT2D eigenvalue weighted by Crippen LogP contribution is 2.19. The number of nitrogens with one attached hydrogen (secondary N) is 1. The van der Waals surface area contributed by atoms with E-state index >= 15 is 0 Å². The van der Waals surface area contributed by atoms with Gasteiger partial charge in [-0.15, -0.1) is 0 Å². The third kappa shape index (κ3) is 3.91. The largest absolute Gasteiger partial charge is 0.280 e. The molecular weight excluding hydrogens is 334 g/mol. The first-order chi connectivity index (χ1) is 11.0. The number of halogens is 1. The number of sulfonamides is 1. The molecule has 0 saturated carbocycles. The number of rotatable bonds is 5. The summed E-state index contributed by atoms with van der Waals surface area (Å²) >= 11 is 5.79. The summed E-state index contributed by atoms with van der Waals surface area (Å²) in [5.41, 5.74) is 1.45. The summed E-state index contributed by atoms with van der Waals surface area (Å²) in [5, 5.41) is 4.63. The Morgan fingerprint density at radius 1 is 1.09 bits per heavy atom. The Morgan fingerprint density at radius 2 is 1.87 bits per heavy atom. The highest BCUT2D eigenvalue weighted by Gasteiger charge is 2.14. The summed E-state index contributed by atoms with van der Waals surface area (Å²) in [4.78, 5) is 0.166. The number of nitrogens with zero attached hydrogens (tertiary/aromatic N) is 2. The Balaban J connectivity index is 1.80. The Hall–Kier alpha value is -2.31. The number of hydrogen-bond donors (Lipinski definition) is 1. The number of benzene rings is 2. The van der Waals surface area contributed by atoms with Crippen LogP contribution in [0.25, 0.3) is 0 Å². The van der Waals surface area contributed by atoms with Crippen LogP contribution in [0.4, 0.5) is 5.69 Å². The van der Waals surface area contributed by atoms with Gasteiger partial charge in [0.2, 0.25) is 0 Å². The topological polar surface area (TPSA) is 64.0 Å². The van der Waals surface area contributed by atoms with Crippen LogP contribution >= 0.6 is 11.6 Å². The van der Waals surface area contributed by atoms with Gasteiger partial charge in [0.1, 0.15) is 0 Å². The molecule has 0 aliphatic carbocycles. The molecule has 1 N–H and O–H groups in total. The number of hydrogen-bond acceptors (Lipinski definition) is 3. The molecule has 7 heteroatoms. The van der Waals surface area contributed by atoms with Gasteiger partial charge < -0.3 is 0 Å². The van der Waals surface area contributed by atoms with Crippen LogP contribution in [0.5, 0.6) is 0 Å². The first kappa shape index (κ1) is 15.6. The Labute approximate surface area is 139 Å². The second-order valence-electron chi connectivity index (χ2n) is 4.96. The van der Waals surface area contributed by atoms with Gasteiger partial charge in [0.05, 0.1) is 11.4 Å². The lowest BCUT2D eigenvalue weighted by Crippen LogP contribution is -2.13. The smallest absolute Gasteiger partial charge is 0.261 e. The Morgan fingerprint density at radius 3 is 2.57 bits per heavy atom. The molecular formula is C16H14ClN3O2S. The van der Waals surface area contributed by atoms with Crippen molar-refractivity contribution in [3.63, 3.8) is 0 Å². The summed E-state index contributed by atoms with van der Waals surface area (Å²) in [6, 6.07) is 15.1. The minimum Gasteiger partial charge on any atom is -0.280 e. The van der Waals surface area contributed by atoms with Crippen LogP contribution in [0, 0.1) is 0 Å². The maximum absolute atomic E-state index is 12.4. The molecule has 0 saturated heterocycles. The van der Waals surface area contributed by atoms with Crippen LogP contribution < -0.4 is 4.72 Å². The van der Waals surface area contributed by atoms with Gasteiger partial charge in [-0.05, 0) is 48.0 Å². The van der Waals surface area contributed by atoms with E-state index in [4.69, 9.17) is 11.6 Å². The van der Waals surface area contributed by atoms with Crippen molar-refractivity contribution in [1.29, 1.82) is 0 Å². The van der Waals surface area contributed by atoms with Crippen LogP contribution in [0.3, 0.4) is 0 Å². The van der Waals surface area contributed by atoms with E-state index in [1.807, 2.05) is 18.3 Å². The minimum atomic E-state index is -3.64. The van der Waals surface area contributed by atoms with Gasteiger partial charge in [-0.3, -0.25) is 9.40 Å². The normalized spacial score (nSPS) is 11.3. The van der Waals surface area contributed by atoms with Crippen LogP contribution in [-0.4, -0.2) is 18.2 Å². The zero-order valence-electron chi connectivity index (χ0n) is 12.1. The van der Waals surface area contributed by atoms with Crippen molar-refractivity contribution in [2.45, 2.75) is 11.4 Å². The van der Waals surface area contributed by atoms with E-state index in [1.54, 1.807) is 41.2 Å². The fourth-order valence-electron chi connectivity index (χ4n) is 2.14. The molecule has 1 aromatic heterocycles. The quantitative estimate of drug-likeness (QED) is 0.769. The average molecular weight is 348 g/mol. The third-order valence-electron chi connectivity index (χ3n) is 3.21. The molecule has 2 aromatic carbocycles. The molecule has 3 rings (SSSR count). The average Bonchev–Trinajstić information content (AvgIpc) is 3.00. The van der Waals surface area contributed by atoms with Crippen molar-refractivity contribution in [2.75, 3.05) is 4.72 Å². The van der Waals surface area contributed by atoms with Gasteiger partial charge in [-0.2, -0.15) is 5.10 Å². The first-order valence-electron chi connectivity index (χ1n) is 6.88. The SMILES string of the molecule is O=S(=O)(Nc1cccc(Cn2cccn2)c1)c1ccc(Cl)cc1. The summed E-state index contributed by atoms with van der Waals surface area (Å²) < 4.78 is 29.1. The molecule has 0 radical (unpaired) electrons. The molecule has 0 aliphatic heterocycles. The molecule has 0 fully saturated rings. The van der Waals surface area contributed by atoms with E-state index in [0.717, 1.165) is 5.56 Å². The lowest BCUT2D eigenvalue weighted by atomic mass is 10.2. The zero-order chi connectivity index (χ0) is 16.3. The zero-order valence-corrected chi connectivity index (χ0v) is 13.6. The molecule has 0 atom stereocenters. The van der Waals surface area contributed by atoms with Gasteiger partial charge in [-0.1, -0.05) is 23.7 Å². The van der Waals surface area contributed by atoms with Crippen molar-refractivity contribution in [2.24, 2.45) is 0 Å². The van der Waals surface area contributed by atoms with E-state index in [9.17, 15) is 8.42 Å². The van der Waals surface area contributed by atoms with Gasteiger partial charge in [0.25, 0.3) is 10.0 Å². The van der Waals surface area contributed by atoms with Gasteiger partial charge in [0.15, 0.2) is 0 Å². The number of aromatic nitrogens is 2. The highest BCUT2D eigenvalue weighted by molar-refractivity contribution is 7.92. The standard InChI is InChI=1S/C16H14ClN3O2S/c17-14-5-7-16(8-6-14)23(21,22)19-15-4-1-3-13(11-15)12-20-10-2-9-18-20/h1-11,19H,12H2. The van der Waals surface area contributed by atoms with Gasteiger partial charge >= 0.3 is 0 Å². The second-order valence-corrected chi connectivity index (χ2v) is 7.08. The summed E-state index contributed by atoms with van der Waals surface area (Å²) in [6.45, 7) is 0.573. The van der Waals surface area contributed by atoms with Crippen LogP contribution in [-0.2, 0) is 16.6 Å². The fourth-order valence-corrected chi connectivity index (χ4v) is 3.32. The molecule has 0 spiro atoms. The molecule has 0 unspecified atom stereocenters. The first-order valence-corrected chi connectivity index (χ1v) is 8.74. The fraction of sp³-hybridized carbons (Fsp3) is 0.0625. The van der Waals surface area contributed by atoms with Crippen LogP contribution in [0.15, 0.2) is 71.9 Å². The molecule has 3 aromatic rings. The van der Waals surface area contributed by atoms with E-state index in [0.29, 0.717) is 17.3 Å². The van der Waals surface area contributed by atoms with E-state index < -0.39 is 10.0 Å². The molecule has 0 amide bonds. The molecule has 23 heavy (non-hydrogen) atoms. The maximum Gasteiger partial charge on any atom is 0.261 e. The predicted molar refractivity (Wildman–Crippen MR) is 90.0 cm³/mol. The highest BCUT2D eigenvalue weighted by atomic mass is 35.5. The molecule has 118 valence electrons. The number of anilines is 1. The second kappa shape index (κ2) is 6.44. The van der Waals surface area contributed by atoms with Crippen molar-refractivity contribution in [1.82, 2.24) is 9.78 Å². The Bertz CT molecular complexity index is 891. The van der Waals surface area contributed by atoms with Gasteiger partial charge in [-0.25, -0.2) is 8.42 Å². The van der Waals surface area contributed by atoms with E-state index in [2.05, 4.69) is 9.82 Å². The predicted octanol–water partition coefficient (Wildman–Crippen LogP) is 3.39. The van der Waals surface area contributed by atoms with Crippen molar-refractivity contribution in [3.05, 3.63) is 77.6 Å². The molecule has 0 aliphatic rings. The lowest BCUT2D eigenvalue weighted by molar-refractivity contribution is 0.601. The monoisotopic (exact) mass is 347 g/mol. The molecule has 0 bridgehead atoms. The third-order valence-corrected chi connectivity index (χ3v) is 4.86. The lowest BCUT2D eigenvalue weighted by Gasteiger charge is -2.10. The van der Waals surface area contributed by atoms with E-state index in [-0.39, 0.29) is 4.90 Å². The Kier molecular flexibility index (Phi) is 4.36. The minimum absolute atomic E-state index is 0.166. The summed E-state index contributed by atoms with van der Waals surface area (Å²) in [7, 11) is -3.64. The van der Waals surface area contributed by atoms with E-state index in [1.165, 1.54) is 12.1 Å². The van der Waals surface area contributed by atoms with Gasteiger partial charge in [0, 0.05) is 23.1 Å². The van der Waals surface area contributed by atoms with Crippen molar-refractivity contribution in [3.8, 4) is 0 Å². The molecule has 1 heterocycles. The maximum atomic E-state index is 12.4. The van der Waals surface area contributed by atoms with Crippen LogP contribution in [0.1, 0.15) is 5.56 Å². The van der Waals surface area contributed by atoms with Crippen LogP contribution in [0.2, 0.25) is 5.02 Å². The van der Waals surface area contributed by atoms with Crippen molar-refractivity contribution >= 4 is 27.3 Å². The molecule has 5 nitrogen and oxygen atoms in total. The summed E-state index contributed by atoms with van der Waals surface area (Å²) in [5.74, 6) is 0. The van der Waals surface area contributed by atoms with Crippen molar-refractivity contribution < 1.29 is 8.42 Å².